The number of aryl methyl sites for hydroxylation is 1. The topological polar surface area (TPSA) is 74.8 Å². The second-order valence-corrected chi connectivity index (χ2v) is 7.12. The molecule has 0 saturated heterocycles. The molecule has 1 aliphatic rings. The molecule has 0 spiro atoms. The average molecular weight is 350 g/mol. The van der Waals surface area contributed by atoms with E-state index in [9.17, 15) is 9.59 Å². The highest BCUT2D eigenvalue weighted by Crippen LogP contribution is 2.25. The molecule has 0 saturated carbocycles. The molecule has 7 heteroatoms. The summed E-state index contributed by atoms with van der Waals surface area (Å²) in [6.45, 7) is 1.77. The first-order valence-corrected chi connectivity index (χ1v) is 8.64. The van der Waals surface area contributed by atoms with Crippen molar-refractivity contribution in [1.82, 2.24) is 9.97 Å². The fourth-order valence-electron chi connectivity index (χ4n) is 2.49. The Hall–Kier alpha value is -1.79. The Morgan fingerprint density at radius 3 is 2.96 bits per heavy atom. The molecule has 1 aliphatic carbocycles. The summed E-state index contributed by atoms with van der Waals surface area (Å²) in [5.74, 6) is -0.189. The van der Waals surface area contributed by atoms with Gasteiger partial charge in [0.2, 0.25) is 5.91 Å². The van der Waals surface area contributed by atoms with Gasteiger partial charge in [0.15, 0.2) is 5.16 Å². The van der Waals surface area contributed by atoms with E-state index >= 15 is 0 Å². The van der Waals surface area contributed by atoms with Crippen LogP contribution >= 0.6 is 23.4 Å². The SMILES string of the molecule is CC(Sc1nc2c(c(=O)[nH]1)CCC2)C(=O)Nc1ccccc1Cl. The number of hydrogen-bond donors (Lipinski definition) is 2. The number of nitrogens with zero attached hydrogens (tertiary/aromatic N) is 1. The van der Waals surface area contributed by atoms with Gasteiger partial charge in [0.25, 0.3) is 5.56 Å². The first-order valence-electron chi connectivity index (χ1n) is 7.38. The number of aromatic nitrogens is 2. The molecule has 1 unspecified atom stereocenters. The molecule has 0 bridgehead atoms. The van der Waals surface area contributed by atoms with Crippen LogP contribution < -0.4 is 10.9 Å². The van der Waals surface area contributed by atoms with Gasteiger partial charge in [-0.15, -0.1) is 0 Å². The van der Waals surface area contributed by atoms with E-state index in [1.165, 1.54) is 11.8 Å². The zero-order valence-corrected chi connectivity index (χ0v) is 14.1. The largest absolute Gasteiger partial charge is 0.324 e. The van der Waals surface area contributed by atoms with Gasteiger partial charge in [-0.25, -0.2) is 4.98 Å². The van der Waals surface area contributed by atoms with E-state index in [4.69, 9.17) is 11.6 Å². The number of anilines is 1. The number of amides is 1. The zero-order chi connectivity index (χ0) is 16.4. The van der Waals surface area contributed by atoms with Crippen molar-refractivity contribution in [3.63, 3.8) is 0 Å². The Labute approximate surface area is 142 Å². The first-order chi connectivity index (χ1) is 11.0. The molecular weight excluding hydrogens is 334 g/mol. The highest BCUT2D eigenvalue weighted by molar-refractivity contribution is 8.00. The third-order valence-corrected chi connectivity index (χ3v) is 5.02. The maximum atomic E-state index is 12.3. The van der Waals surface area contributed by atoms with Crippen molar-refractivity contribution < 1.29 is 4.79 Å². The van der Waals surface area contributed by atoms with Crippen LogP contribution in [-0.4, -0.2) is 21.1 Å². The van der Waals surface area contributed by atoms with Gasteiger partial charge < -0.3 is 10.3 Å². The molecular formula is C16H16ClN3O2S. The number of H-pyrrole nitrogens is 1. The summed E-state index contributed by atoms with van der Waals surface area (Å²) in [5.41, 5.74) is 2.12. The summed E-state index contributed by atoms with van der Waals surface area (Å²) in [6.07, 6.45) is 2.57. The van der Waals surface area contributed by atoms with Crippen molar-refractivity contribution in [3.8, 4) is 0 Å². The Balaban J connectivity index is 1.71. The van der Waals surface area contributed by atoms with Gasteiger partial charge in [0, 0.05) is 5.56 Å². The number of fused-ring (bicyclic) bond motifs is 1. The molecule has 1 aromatic heterocycles. The Bertz CT molecular complexity index is 806. The molecule has 2 N–H and O–H groups in total. The van der Waals surface area contributed by atoms with Gasteiger partial charge in [-0.05, 0) is 38.3 Å². The lowest BCUT2D eigenvalue weighted by molar-refractivity contribution is -0.115. The predicted octanol–water partition coefficient (Wildman–Crippen LogP) is 3.03. The number of nitrogens with one attached hydrogen (secondary N) is 2. The monoisotopic (exact) mass is 349 g/mol. The highest BCUT2D eigenvalue weighted by Gasteiger charge is 2.21. The van der Waals surface area contributed by atoms with Crippen molar-refractivity contribution in [2.75, 3.05) is 5.32 Å². The van der Waals surface area contributed by atoms with Crippen LogP contribution in [0, 0.1) is 0 Å². The quantitative estimate of drug-likeness (QED) is 0.657. The molecule has 1 aromatic carbocycles. The van der Waals surface area contributed by atoms with E-state index in [1.54, 1.807) is 31.2 Å². The molecule has 0 radical (unpaired) electrons. The van der Waals surface area contributed by atoms with Crippen LogP contribution in [0.3, 0.4) is 0 Å². The van der Waals surface area contributed by atoms with Gasteiger partial charge in [-0.2, -0.15) is 0 Å². The summed E-state index contributed by atoms with van der Waals surface area (Å²) in [7, 11) is 0. The molecule has 0 fully saturated rings. The second-order valence-electron chi connectivity index (χ2n) is 5.38. The molecule has 1 atom stereocenters. The van der Waals surface area contributed by atoms with Crippen molar-refractivity contribution in [2.45, 2.75) is 36.6 Å². The number of hydrogen-bond acceptors (Lipinski definition) is 4. The minimum absolute atomic E-state index is 0.0892. The molecule has 3 rings (SSSR count). The van der Waals surface area contributed by atoms with Gasteiger partial charge in [-0.1, -0.05) is 35.5 Å². The second kappa shape index (κ2) is 6.76. The van der Waals surface area contributed by atoms with Crippen molar-refractivity contribution >= 4 is 35.0 Å². The van der Waals surface area contributed by atoms with Crippen LogP contribution in [0.1, 0.15) is 24.6 Å². The van der Waals surface area contributed by atoms with Crippen LogP contribution in [0.25, 0.3) is 0 Å². The number of thioether (sulfide) groups is 1. The Morgan fingerprint density at radius 1 is 1.39 bits per heavy atom. The average Bonchev–Trinajstić information content (AvgIpc) is 2.98. The molecule has 0 aliphatic heterocycles. The van der Waals surface area contributed by atoms with Crippen LogP contribution in [-0.2, 0) is 17.6 Å². The molecule has 23 heavy (non-hydrogen) atoms. The standard InChI is InChI=1S/C16H16ClN3O2S/c1-9(14(21)18-13-7-3-2-6-11(13)17)23-16-19-12-8-4-5-10(12)15(22)20-16/h2-3,6-7,9H,4-5,8H2,1H3,(H,18,21)(H,19,20,22). The van der Waals surface area contributed by atoms with Crippen molar-refractivity contribution in [2.24, 2.45) is 0 Å². The number of aromatic amines is 1. The predicted molar refractivity (Wildman–Crippen MR) is 92.3 cm³/mol. The van der Waals surface area contributed by atoms with Gasteiger partial charge in [0.05, 0.1) is 21.7 Å². The minimum atomic E-state index is -0.408. The minimum Gasteiger partial charge on any atom is -0.324 e. The normalized spacial score (nSPS) is 14.3. The van der Waals surface area contributed by atoms with Crippen molar-refractivity contribution in [3.05, 3.63) is 50.9 Å². The maximum absolute atomic E-state index is 12.3. The lowest BCUT2D eigenvalue weighted by Gasteiger charge is -2.12. The summed E-state index contributed by atoms with van der Waals surface area (Å²) < 4.78 is 0. The zero-order valence-electron chi connectivity index (χ0n) is 12.6. The van der Waals surface area contributed by atoms with Crippen molar-refractivity contribution in [1.29, 1.82) is 0 Å². The fraction of sp³-hybridized carbons (Fsp3) is 0.312. The van der Waals surface area contributed by atoms with E-state index in [2.05, 4.69) is 15.3 Å². The first kappa shape index (κ1) is 16.1. The van der Waals surface area contributed by atoms with E-state index in [0.717, 1.165) is 30.5 Å². The smallest absolute Gasteiger partial charge is 0.254 e. The van der Waals surface area contributed by atoms with E-state index < -0.39 is 5.25 Å². The van der Waals surface area contributed by atoms with E-state index in [0.29, 0.717) is 15.9 Å². The molecule has 1 heterocycles. The number of halogens is 1. The number of rotatable bonds is 4. The highest BCUT2D eigenvalue weighted by atomic mass is 35.5. The fourth-order valence-corrected chi connectivity index (χ4v) is 3.49. The number of benzene rings is 1. The third-order valence-electron chi connectivity index (χ3n) is 3.71. The van der Waals surface area contributed by atoms with Crippen LogP contribution in [0.15, 0.2) is 34.2 Å². The number of carbonyl (C=O) groups excluding carboxylic acids is 1. The van der Waals surface area contributed by atoms with Crippen LogP contribution in [0.4, 0.5) is 5.69 Å². The van der Waals surface area contributed by atoms with Gasteiger partial charge >= 0.3 is 0 Å². The molecule has 120 valence electrons. The Kier molecular flexibility index (Phi) is 4.73. The number of para-hydroxylation sites is 1. The van der Waals surface area contributed by atoms with Crippen LogP contribution in [0.2, 0.25) is 5.02 Å². The molecule has 1 amide bonds. The number of carbonyl (C=O) groups is 1. The van der Waals surface area contributed by atoms with Crippen LogP contribution in [0.5, 0.6) is 0 Å². The Morgan fingerprint density at radius 2 is 2.17 bits per heavy atom. The summed E-state index contributed by atoms with van der Waals surface area (Å²) in [4.78, 5) is 31.5. The molecule has 5 nitrogen and oxygen atoms in total. The maximum Gasteiger partial charge on any atom is 0.254 e. The van der Waals surface area contributed by atoms with E-state index in [1.807, 2.05) is 0 Å². The van der Waals surface area contributed by atoms with Gasteiger partial charge in [0.1, 0.15) is 0 Å². The molecule has 2 aromatic rings. The summed E-state index contributed by atoms with van der Waals surface area (Å²) in [5, 5.41) is 3.35. The van der Waals surface area contributed by atoms with Gasteiger partial charge in [-0.3, -0.25) is 9.59 Å². The summed E-state index contributed by atoms with van der Waals surface area (Å²) in [6, 6.07) is 7.07. The summed E-state index contributed by atoms with van der Waals surface area (Å²) >= 11 is 7.27. The lowest BCUT2D eigenvalue weighted by Crippen LogP contribution is -2.24. The van der Waals surface area contributed by atoms with E-state index in [-0.39, 0.29) is 11.5 Å². The third kappa shape index (κ3) is 3.59. The lowest BCUT2D eigenvalue weighted by atomic mass is 10.3.